The minimum absolute atomic E-state index is 0.0527. The molecular formula is C16H27N3O2. The molecule has 0 aromatic heterocycles. The highest BCUT2D eigenvalue weighted by Crippen LogP contribution is 2.33. The Hall–Kier alpha value is -1.10. The zero-order valence-corrected chi connectivity index (χ0v) is 13.1. The second-order valence-electron chi connectivity index (χ2n) is 7.00. The predicted octanol–water partition coefficient (Wildman–Crippen LogP) is 1.13. The lowest BCUT2D eigenvalue weighted by molar-refractivity contribution is -0.143. The Morgan fingerprint density at radius 1 is 1.10 bits per heavy atom. The van der Waals surface area contributed by atoms with E-state index in [0.717, 1.165) is 51.6 Å². The van der Waals surface area contributed by atoms with Gasteiger partial charge < -0.3 is 15.1 Å². The molecule has 1 saturated carbocycles. The number of carbonyl (C=O) groups is 2. The molecule has 0 aromatic rings. The van der Waals surface area contributed by atoms with Gasteiger partial charge in [0.05, 0.1) is 0 Å². The Kier molecular flexibility index (Phi) is 4.20. The van der Waals surface area contributed by atoms with E-state index in [1.807, 2.05) is 4.90 Å². The van der Waals surface area contributed by atoms with Crippen LogP contribution in [0.15, 0.2) is 0 Å². The molecule has 5 heteroatoms. The SMILES string of the molecule is CN1CCCC(N2CCC(=O)NC3(CCCCC3)C2=O)C1. The van der Waals surface area contributed by atoms with Crippen molar-refractivity contribution in [1.29, 1.82) is 0 Å². The second kappa shape index (κ2) is 5.95. The highest BCUT2D eigenvalue weighted by atomic mass is 16.2. The van der Waals surface area contributed by atoms with Crippen molar-refractivity contribution in [2.24, 2.45) is 0 Å². The van der Waals surface area contributed by atoms with Gasteiger partial charge in [-0.25, -0.2) is 0 Å². The number of amides is 2. The first-order valence-corrected chi connectivity index (χ1v) is 8.41. The van der Waals surface area contributed by atoms with Crippen molar-refractivity contribution in [3.63, 3.8) is 0 Å². The molecule has 2 aliphatic heterocycles. The average molecular weight is 293 g/mol. The summed E-state index contributed by atoms with van der Waals surface area (Å²) in [6.07, 6.45) is 7.56. The molecule has 1 spiro atoms. The molecule has 0 aromatic carbocycles. The number of piperidine rings is 1. The van der Waals surface area contributed by atoms with E-state index in [4.69, 9.17) is 0 Å². The van der Waals surface area contributed by atoms with Gasteiger partial charge in [0.1, 0.15) is 5.54 Å². The third-order valence-electron chi connectivity index (χ3n) is 5.38. The number of likely N-dealkylation sites (N-methyl/N-ethyl adjacent to an activating group) is 1. The van der Waals surface area contributed by atoms with Gasteiger partial charge in [-0.05, 0) is 39.3 Å². The third kappa shape index (κ3) is 2.93. The fraction of sp³-hybridized carbons (Fsp3) is 0.875. The van der Waals surface area contributed by atoms with Gasteiger partial charge in [-0.15, -0.1) is 0 Å². The number of hydrogen-bond acceptors (Lipinski definition) is 3. The highest BCUT2D eigenvalue weighted by Gasteiger charge is 2.46. The summed E-state index contributed by atoms with van der Waals surface area (Å²) in [5.41, 5.74) is -0.595. The normalized spacial score (nSPS) is 31.1. The minimum Gasteiger partial charge on any atom is -0.342 e. The van der Waals surface area contributed by atoms with Gasteiger partial charge >= 0.3 is 0 Å². The minimum atomic E-state index is -0.595. The summed E-state index contributed by atoms with van der Waals surface area (Å²) in [5, 5.41) is 3.08. The van der Waals surface area contributed by atoms with Crippen LogP contribution in [0.1, 0.15) is 51.4 Å². The van der Waals surface area contributed by atoms with Crippen molar-refractivity contribution in [3.8, 4) is 0 Å². The summed E-state index contributed by atoms with van der Waals surface area (Å²) in [5.74, 6) is 0.241. The van der Waals surface area contributed by atoms with Crippen LogP contribution in [0, 0.1) is 0 Å². The number of nitrogens with one attached hydrogen (secondary N) is 1. The van der Waals surface area contributed by atoms with E-state index < -0.39 is 5.54 Å². The zero-order chi connectivity index (χ0) is 14.9. The van der Waals surface area contributed by atoms with Crippen LogP contribution in [0.3, 0.4) is 0 Å². The fourth-order valence-corrected chi connectivity index (χ4v) is 4.22. The molecule has 2 heterocycles. The largest absolute Gasteiger partial charge is 0.342 e. The lowest BCUT2D eigenvalue weighted by Gasteiger charge is -2.43. The van der Waals surface area contributed by atoms with Gasteiger partial charge in [0.15, 0.2) is 0 Å². The van der Waals surface area contributed by atoms with Gasteiger partial charge in [0.2, 0.25) is 11.8 Å². The summed E-state index contributed by atoms with van der Waals surface area (Å²) >= 11 is 0. The van der Waals surface area contributed by atoms with E-state index in [-0.39, 0.29) is 17.9 Å². The molecule has 1 unspecified atom stereocenters. The first-order valence-electron chi connectivity index (χ1n) is 8.41. The Labute approximate surface area is 127 Å². The molecule has 0 bridgehead atoms. The molecule has 21 heavy (non-hydrogen) atoms. The topological polar surface area (TPSA) is 52.6 Å². The lowest BCUT2D eigenvalue weighted by atomic mass is 9.80. The zero-order valence-electron chi connectivity index (χ0n) is 13.1. The van der Waals surface area contributed by atoms with Gasteiger partial charge in [-0.3, -0.25) is 9.59 Å². The molecule has 3 aliphatic rings. The van der Waals surface area contributed by atoms with Crippen molar-refractivity contribution in [3.05, 3.63) is 0 Å². The molecule has 2 amide bonds. The van der Waals surface area contributed by atoms with Crippen LogP contribution in [0.2, 0.25) is 0 Å². The van der Waals surface area contributed by atoms with Crippen LogP contribution in [-0.2, 0) is 9.59 Å². The molecule has 118 valence electrons. The Bertz CT molecular complexity index is 418. The quantitative estimate of drug-likeness (QED) is 0.788. The van der Waals surface area contributed by atoms with Crippen molar-refractivity contribution >= 4 is 11.8 Å². The van der Waals surface area contributed by atoms with Gasteiger partial charge in [0, 0.05) is 25.6 Å². The van der Waals surface area contributed by atoms with E-state index in [1.54, 1.807) is 0 Å². The van der Waals surface area contributed by atoms with Gasteiger partial charge in [-0.1, -0.05) is 19.3 Å². The first kappa shape index (κ1) is 14.8. The number of carbonyl (C=O) groups excluding carboxylic acids is 2. The van der Waals surface area contributed by atoms with E-state index >= 15 is 0 Å². The van der Waals surface area contributed by atoms with Crippen LogP contribution in [-0.4, -0.2) is 59.9 Å². The number of nitrogens with zero attached hydrogens (tertiary/aromatic N) is 2. The number of hydrogen-bond donors (Lipinski definition) is 1. The Morgan fingerprint density at radius 3 is 2.57 bits per heavy atom. The molecule has 1 atom stereocenters. The maximum atomic E-state index is 13.2. The summed E-state index contributed by atoms with van der Waals surface area (Å²) in [4.78, 5) is 29.6. The summed E-state index contributed by atoms with van der Waals surface area (Å²) in [7, 11) is 2.12. The number of rotatable bonds is 1. The summed E-state index contributed by atoms with van der Waals surface area (Å²) in [6.45, 7) is 2.64. The summed E-state index contributed by atoms with van der Waals surface area (Å²) in [6, 6.07) is 0.280. The fourth-order valence-electron chi connectivity index (χ4n) is 4.22. The van der Waals surface area contributed by atoms with Crippen LogP contribution >= 0.6 is 0 Å². The number of likely N-dealkylation sites (tertiary alicyclic amines) is 1. The molecule has 3 fully saturated rings. The lowest BCUT2D eigenvalue weighted by Crippen LogP contribution is -2.61. The smallest absolute Gasteiger partial charge is 0.248 e. The van der Waals surface area contributed by atoms with Crippen LogP contribution in [0.25, 0.3) is 0 Å². The predicted molar refractivity (Wildman–Crippen MR) is 80.8 cm³/mol. The molecule has 0 radical (unpaired) electrons. The van der Waals surface area contributed by atoms with E-state index in [1.165, 1.54) is 6.42 Å². The molecule has 5 nitrogen and oxygen atoms in total. The molecule has 3 rings (SSSR count). The van der Waals surface area contributed by atoms with Crippen molar-refractivity contribution in [2.45, 2.75) is 62.9 Å². The summed E-state index contributed by atoms with van der Waals surface area (Å²) < 4.78 is 0. The second-order valence-corrected chi connectivity index (χ2v) is 7.00. The van der Waals surface area contributed by atoms with Crippen molar-refractivity contribution < 1.29 is 9.59 Å². The molecule has 1 N–H and O–H groups in total. The van der Waals surface area contributed by atoms with E-state index in [2.05, 4.69) is 17.3 Å². The van der Waals surface area contributed by atoms with Crippen LogP contribution in [0.5, 0.6) is 0 Å². The van der Waals surface area contributed by atoms with Gasteiger partial charge in [-0.2, -0.15) is 0 Å². The average Bonchev–Trinajstić information content (AvgIpc) is 2.58. The Balaban J connectivity index is 1.82. The van der Waals surface area contributed by atoms with E-state index in [0.29, 0.717) is 13.0 Å². The highest BCUT2D eigenvalue weighted by molar-refractivity contribution is 5.93. The van der Waals surface area contributed by atoms with Crippen LogP contribution < -0.4 is 5.32 Å². The van der Waals surface area contributed by atoms with Crippen molar-refractivity contribution in [2.75, 3.05) is 26.7 Å². The van der Waals surface area contributed by atoms with Gasteiger partial charge in [0.25, 0.3) is 0 Å². The monoisotopic (exact) mass is 293 g/mol. The molecule has 2 saturated heterocycles. The first-order chi connectivity index (χ1) is 10.1. The maximum Gasteiger partial charge on any atom is 0.248 e. The molecule has 1 aliphatic carbocycles. The molecular weight excluding hydrogens is 266 g/mol. The standard InChI is InChI=1S/C16H27N3O2/c1-18-10-5-6-13(12-18)19-11-7-14(20)17-16(15(19)21)8-3-2-4-9-16/h13H,2-12H2,1H3,(H,17,20). The van der Waals surface area contributed by atoms with Crippen molar-refractivity contribution in [1.82, 2.24) is 15.1 Å². The van der Waals surface area contributed by atoms with E-state index in [9.17, 15) is 9.59 Å². The third-order valence-corrected chi connectivity index (χ3v) is 5.38. The maximum absolute atomic E-state index is 13.2. The van der Waals surface area contributed by atoms with Crippen LogP contribution in [0.4, 0.5) is 0 Å². The Morgan fingerprint density at radius 2 is 1.86 bits per heavy atom.